The Bertz CT molecular complexity index is 849. The van der Waals surface area contributed by atoms with Crippen LogP contribution in [0.15, 0.2) is 40.9 Å². The molecule has 26 heavy (non-hydrogen) atoms. The van der Waals surface area contributed by atoms with Crippen molar-refractivity contribution in [3.05, 3.63) is 52.0 Å². The van der Waals surface area contributed by atoms with Crippen molar-refractivity contribution in [3.8, 4) is 17.6 Å². The van der Waals surface area contributed by atoms with Crippen LogP contribution in [0, 0.1) is 11.3 Å². The molecule has 0 N–H and O–H groups in total. The Morgan fingerprint density at radius 1 is 1.04 bits per heavy atom. The Labute approximate surface area is 161 Å². The maximum absolute atomic E-state index is 9.36. The van der Waals surface area contributed by atoms with Gasteiger partial charge in [-0.3, -0.25) is 4.90 Å². The van der Waals surface area contributed by atoms with E-state index < -0.39 is 0 Å². The minimum absolute atomic E-state index is 0.294. The van der Waals surface area contributed by atoms with Crippen molar-refractivity contribution in [1.82, 2.24) is 4.90 Å². The largest absolute Gasteiger partial charge is 0.454 e. The van der Waals surface area contributed by atoms with Crippen molar-refractivity contribution in [2.24, 2.45) is 0 Å². The summed E-state index contributed by atoms with van der Waals surface area (Å²) in [6, 6.07) is 14.2. The smallest absolute Gasteiger partial charge is 0.231 e. The van der Waals surface area contributed by atoms with Gasteiger partial charge in [0.25, 0.3) is 0 Å². The van der Waals surface area contributed by atoms with E-state index >= 15 is 0 Å². The van der Waals surface area contributed by atoms with E-state index in [0.29, 0.717) is 6.79 Å². The minimum Gasteiger partial charge on any atom is -0.454 e. The second-order valence-corrected chi connectivity index (χ2v) is 7.40. The molecule has 5 nitrogen and oxygen atoms in total. The van der Waals surface area contributed by atoms with Crippen LogP contribution in [0.25, 0.3) is 0 Å². The van der Waals surface area contributed by atoms with Gasteiger partial charge in [0.05, 0.1) is 11.3 Å². The number of rotatable bonds is 3. The standard InChI is InChI=1S/C20H20BrN3O2/c21-17-11-20-19(25-14-26-20)10-16(17)13-23-6-3-7-24(9-8-23)18-5-2-1-4-15(18)12-22/h1-2,4-5,10-11H,3,6-9,13-14H2. The number of anilines is 1. The van der Waals surface area contributed by atoms with Crippen molar-refractivity contribution in [3.63, 3.8) is 0 Å². The quantitative estimate of drug-likeness (QED) is 0.766. The fourth-order valence-corrected chi connectivity index (χ4v) is 3.98. The molecule has 2 heterocycles. The summed E-state index contributed by atoms with van der Waals surface area (Å²) in [6.07, 6.45) is 1.07. The van der Waals surface area contributed by atoms with Crippen LogP contribution < -0.4 is 14.4 Å². The molecule has 6 heteroatoms. The van der Waals surface area contributed by atoms with E-state index in [0.717, 1.165) is 66.4 Å². The second-order valence-electron chi connectivity index (χ2n) is 6.54. The molecule has 1 fully saturated rings. The summed E-state index contributed by atoms with van der Waals surface area (Å²) >= 11 is 3.65. The highest BCUT2D eigenvalue weighted by Crippen LogP contribution is 2.37. The van der Waals surface area contributed by atoms with Crippen molar-refractivity contribution in [1.29, 1.82) is 5.26 Å². The third kappa shape index (κ3) is 3.50. The lowest BCUT2D eigenvalue weighted by molar-refractivity contribution is 0.174. The van der Waals surface area contributed by atoms with Crippen molar-refractivity contribution in [2.45, 2.75) is 13.0 Å². The number of fused-ring (bicyclic) bond motifs is 1. The van der Waals surface area contributed by atoms with Crippen LogP contribution in [0.5, 0.6) is 11.5 Å². The Kier molecular flexibility index (Phi) is 5.00. The first kappa shape index (κ1) is 17.2. The van der Waals surface area contributed by atoms with E-state index in [4.69, 9.17) is 9.47 Å². The van der Waals surface area contributed by atoms with E-state index in [1.165, 1.54) is 5.56 Å². The summed E-state index contributed by atoms with van der Waals surface area (Å²) in [6.45, 7) is 5.04. The summed E-state index contributed by atoms with van der Waals surface area (Å²) in [4.78, 5) is 4.78. The van der Waals surface area contributed by atoms with Crippen molar-refractivity contribution < 1.29 is 9.47 Å². The van der Waals surface area contributed by atoms with Gasteiger partial charge in [-0.15, -0.1) is 0 Å². The van der Waals surface area contributed by atoms with Crippen molar-refractivity contribution >= 4 is 21.6 Å². The van der Waals surface area contributed by atoms with Crippen LogP contribution in [0.4, 0.5) is 5.69 Å². The predicted molar refractivity (Wildman–Crippen MR) is 104 cm³/mol. The molecule has 0 aromatic heterocycles. The first-order chi connectivity index (χ1) is 12.7. The highest BCUT2D eigenvalue weighted by atomic mass is 79.9. The molecule has 2 aliphatic rings. The molecule has 2 aliphatic heterocycles. The molecule has 0 saturated carbocycles. The maximum atomic E-state index is 9.36. The number of hydrogen-bond acceptors (Lipinski definition) is 5. The molecule has 134 valence electrons. The third-order valence-corrected chi connectivity index (χ3v) is 5.63. The first-order valence-corrected chi connectivity index (χ1v) is 9.58. The zero-order valence-corrected chi connectivity index (χ0v) is 16.0. The molecule has 0 unspecified atom stereocenters. The second kappa shape index (κ2) is 7.56. The molecule has 0 spiro atoms. The normalized spacial score (nSPS) is 17.0. The topological polar surface area (TPSA) is 48.7 Å². The van der Waals surface area contributed by atoms with E-state index in [-0.39, 0.29) is 0 Å². The minimum atomic E-state index is 0.294. The van der Waals surface area contributed by atoms with Crippen LogP contribution in [0.1, 0.15) is 17.5 Å². The van der Waals surface area contributed by atoms with E-state index in [1.807, 2.05) is 30.3 Å². The number of benzene rings is 2. The highest BCUT2D eigenvalue weighted by molar-refractivity contribution is 9.10. The van der Waals surface area contributed by atoms with Crippen LogP contribution in [-0.2, 0) is 6.54 Å². The molecule has 0 amide bonds. The highest BCUT2D eigenvalue weighted by Gasteiger charge is 2.20. The molecule has 0 atom stereocenters. The van der Waals surface area contributed by atoms with Gasteiger partial charge in [-0.25, -0.2) is 0 Å². The van der Waals surface area contributed by atoms with E-state index in [1.54, 1.807) is 0 Å². The number of halogens is 1. The van der Waals surface area contributed by atoms with Gasteiger partial charge in [-0.1, -0.05) is 28.1 Å². The summed E-state index contributed by atoms with van der Waals surface area (Å²) in [5.41, 5.74) is 3.00. The molecular formula is C20H20BrN3O2. The lowest BCUT2D eigenvalue weighted by Gasteiger charge is -2.24. The van der Waals surface area contributed by atoms with Gasteiger partial charge in [0.2, 0.25) is 6.79 Å². The SMILES string of the molecule is N#Cc1ccccc1N1CCCN(Cc2cc3c(cc2Br)OCO3)CC1. The Hall–Kier alpha value is -2.23. The number of hydrogen-bond donors (Lipinski definition) is 0. The van der Waals surface area contributed by atoms with Gasteiger partial charge in [-0.05, 0) is 36.2 Å². The molecule has 2 aromatic carbocycles. The molecule has 0 radical (unpaired) electrons. The lowest BCUT2D eigenvalue weighted by atomic mass is 10.1. The molecule has 0 aliphatic carbocycles. The Balaban J connectivity index is 1.45. The van der Waals surface area contributed by atoms with Gasteiger partial charge < -0.3 is 14.4 Å². The Morgan fingerprint density at radius 3 is 2.69 bits per heavy atom. The van der Waals surface area contributed by atoms with E-state index in [9.17, 15) is 5.26 Å². The summed E-state index contributed by atoms with van der Waals surface area (Å²) in [7, 11) is 0. The van der Waals surface area contributed by atoms with Crippen LogP contribution >= 0.6 is 15.9 Å². The zero-order chi connectivity index (χ0) is 17.9. The monoisotopic (exact) mass is 413 g/mol. The third-order valence-electron chi connectivity index (χ3n) is 4.89. The number of ether oxygens (including phenoxy) is 2. The van der Waals surface area contributed by atoms with Gasteiger partial charge >= 0.3 is 0 Å². The summed E-state index contributed by atoms with van der Waals surface area (Å²) < 4.78 is 12.0. The van der Waals surface area contributed by atoms with Gasteiger partial charge in [0, 0.05) is 37.2 Å². The van der Waals surface area contributed by atoms with Crippen LogP contribution in [-0.4, -0.2) is 37.9 Å². The van der Waals surface area contributed by atoms with Gasteiger partial charge in [0.15, 0.2) is 11.5 Å². The average Bonchev–Trinajstić information content (AvgIpc) is 2.98. The Morgan fingerprint density at radius 2 is 1.85 bits per heavy atom. The van der Waals surface area contributed by atoms with Crippen LogP contribution in [0.2, 0.25) is 0 Å². The molecule has 2 aromatic rings. The summed E-state index contributed by atoms with van der Waals surface area (Å²) in [5, 5.41) is 9.36. The maximum Gasteiger partial charge on any atom is 0.231 e. The van der Waals surface area contributed by atoms with Crippen LogP contribution in [0.3, 0.4) is 0 Å². The molecular weight excluding hydrogens is 394 g/mol. The molecule has 4 rings (SSSR count). The fraction of sp³-hybridized carbons (Fsp3) is 0.350. The van der Waals surface area contributed by atoms with Gasteiger partial charge in [0.1, 0.15) is 6.07 Å². The fourth-order valence-electron chi connectivity index (χ4n) is 3.54. The molecule has 1 saturated heterocycles. The number of nitrogens with zero attached hydrogens (tertiary/aromatic N) is 3. The average molecular weight is 414 g/mol. The lowest BCUT2D eigenvalue weighted by Crippen LogP contribution is -2.31. The summed E-state index contributed by atoms with van der Waals surface area (Å²) in [5.74, 6) is 1.62. The molecule has 0 bridgehead atoms. The zero-order valence-electron chi connectivity index (χ0n) is 14.4. The van der Waals surface area contributed by atoms with Gasteiger partial charge in [-0.2, -0.15) is 5.26 Å². The first-order valence-electron chi connectivity index (χ1n) is 8.79. The van der Waals surface area contributed by atoms with Crippen molar-refractivity contribution in [2.75, 3.05) is 37.9 Å². The number of para-hydroxylation sites is 1. The van der Waals surface area contributed by atoms with E-state index in [2.05, 4.69) is 37.9 Å². The number of nitriles is 1. The predicted octanol–water partition coefficient (Wildman–Crippen LogP) is 3.76.